The molecule has 0 amide bonds. The summed E-state index contributed by atoms with van der Waals surface area (Å²) in [5.74, 6) is -0.858. The molecule has 76 valence electrons. The molecule has 0 aliphatic carbocycles. The fraction of sp³-hybridized carbons (Fsp3) is 0.364. The maximum Gasteiger partial charge on any atom is 0.305 e. The molecular formula is C11H15NO2. The topological polar surface area (TPSA) is 63.3 Å². The van der Waals surface area contributed by atoms with Crippen LogP contribution in [0.5, 0.6) is 0 Å². The first-order chi connectivity index (χ1) is 6.65. The summed E-state index contributed by atoms with van der Waals surface area (Å²) in [7, 11) is 0. The van der Waals surface area contributed by atoms with E-state index in [1.165, 1.54) is 0 Å². The third-order valence-electron chi connectivity index (χ3n) is 2.23. The predicted octanol–water partition coefficient (Wildman–Crippen LogP) is 1.72. The molecule has 0 heterocycles. The van der Waals surface area contributed by atoms with Gasteiger partial charge in [-0.05, 0) is 17.5 Å². The van der Waals surface area contributed by atoms with E-state index >= 15 is 0 Å². The molecule has 0 aromatic heterocycles. The first-order valence-electron chi connectivity index (χ1n) is 4.70. The van der Waals surface area contributed by atoms with Crippen LogP contribution in [0.25, 0.3) is 0 Å². The number of aryl methyl sites for hydroxylation is 1. The smallest absolute Gasteiger partial charge is 0.305 e. The van der Waals surface area contributed by atoms with E-state index in [0.29, 0.717) is 0 Å². The van der Waals surface area contributed by atoms with E-state index in [0.717, 1.165) is 17.5 Å². The van der Waals surface area contributed by atoms with Gasteiger partial charge < -0.3 is 10.8 Å². The van der Waals surface area contributed by atoms with Crippen LogP contribution in [-0.4, -0.2) is 11.1 Å². The number of hydrogen-bond donors (Lipinski definition) is 2. The van der Waals surface area contributed by atoms with E-state index < -0.39 is 12.0 Å². The monoisotopic (exact) mass is 193 g/mol. The lowest BCUT2D eigenvalue weighted by Gasteiger charge is -2.13. The van der Waals surface area contributed by atoms with E-state index in [-0.39, 0.29) is 6.42 Å². The van der Waals surface area contributed by atoms with Gasteiger partial charge in [0, 0.05) is 6.04 Å². The Bertz CT molecular complexity index is 323. The van der Waals surface area contributed by atoms with Crippen molar-refractivity contribution in [2.75, 3.05) is 0 Å². The lowest BCUT2D eigenvalue weighted by atomic mass is 9.97. The number of carboxylic acids is 1. The fourth-order valence-corrected chi connectivity index (χ4v) is 1.52. The first kappa shape index (κ1) is 10.7. The average molecular weight is 193 g/mol. The van der Waals surface area contributed by atoms with Gasteiger partial charge in [0.15, 0.2) is 0 Å². The van der Waals surface area contributed by atoms with Crippen molar-refractivity contribution in [3.63, 3.8) is 0 Å². The molecule has 0 saturated carbocycles. The molecule has 0 radical (unpaired) electrons. The van der Waals surface area contributed by atoms with Crippen molar-refractivity contribution in [3.05, 3.63) is 35.4 Å². The van der Waals surface area contributed by atoms with Gasteiger partial charge in [-0.2, -0.15) is 0 Å². The standard InChI is InChI=1S/C11H15NO2/c1-2-8-5-3-4-6-9(8)10(12)7-11(13)14/h3-6,10H,2,7,12H2,1H3,(H,13,14). The van der Waals surface area contributed by atoms with Crippen LogP contribution in [0, 0.1) is 0 Å². The molecule has 14 heavy (non-hydrogen) atoms. The van der Waals surface area contributed by atoms with Gasteiger partial charge in [0.2, 0.25) is 0 Å². The van der Waals surface area contributed by atoms with E-state index in [4.69, 9.17) is 10.8 Å². The highest BCUT2D eigenvalue weighted by atomic mass is 16.4. The Balaban J connectivity index is 2.87. The number of aliphatic carboxylic acids is 1. The summed E-state index contributed by atoms with van der Waals surface area (Å²) in [6, 6.07) is 7.30. The second kappa shape index (κ2) is 4.77. The quantitative estimate of drug-likeness (QED) is 0.765. The first-order valence-corrected chi connectivity index (χ1v) is 4.70. The van der Waals surface area contributed by atoms with Crippen molar-refractivity contribution >= 4 is 5.97 Å². The molecule has 0 saturated heterocycles. The molecule has 0 aliphatic rings. The highest BCUT2D eigenvalue weighted by Crippen LogP contribution is 2.19. The number of nitrogens with two attached hydrogens (primary N) is 1. The molecule has 1 aromatic carbocycles. The van der Waals surface area contributed by atoms with E-state index in [1.807, 2.05) is 31.2 Å². The second-order valence-electron chi connectivity index (χ2n) is 3.26. The summed E-state index contributed by atoms with van der Waals surface area (Å²) < 4.78 is 0. The van der Waals surface area contributed by atoms with Crippen molar-refractivity contribution in [1.82, 2.24) is 0 Å². The minimum Gasteiger partial charge on any atom is -0.481 e. The van der Waals surface area contributed by atoms with Gasteiger partial charge in [-0.1, -0.05) is 31.2 Å². The molecule has 1 rings (SSSR count). The zero-order chi connectivity index (χ0) is 10.6. The molecule has 0 spiro atoms. The zero-order valence-electron chi connectivity index (χ0n) is 8.23. The van der Waals surface area contributed by atoms with Crippen molar-refractivity contribution < 1.29 is 9.90 Å². The maximum atomic E-state index is 10.5. The summed E-state index contributed by atoms with van der Waals surface area (Å²) in [5.41, 5.74) is 7.86. The number of hydrogen-bond acceptors (Lipinski definition) is 2. The van der Waals surface area contributed by atoms with Crippen LogP contribution < -0.4 is 5.73 Å². The van der Waals surface area contributed by atoms with Crippen LogP contribution >= 0.6 is 0 Å². The SMILES string of the molecule is CCc1ccccc1C(N)CC(=O)O. The Hall–Kier alpha value is -1.35. The number of carbonyl (C=O) groups is 1. The maximum absolute atomic E-state index is 10.5. The number of rotatable bonds is 4. The summed E-state index contributed by atoms with van der Waals surface area (Å²) >= 11 is 0. The van der Waals surface area contributed by atoms with Gasteiger partial charge in [-0.15, -0.1) is 0 Å². The molecule has 0 fully saturated rings. The van der Waals surface area contributed by atoms with Gasteiger partial charge >= 0.3 is 5.97 Å². The normalized spacial score (nSPS) is 12.4. The molecule has 1 aromatic rings. The van der Waals surface area contributed by atoms with E-state index in [9.17, 15) is 4.79 Å². The minimum atomic E-state index is -0.858. The van der Waals surface area contributed by atoms with Gasteiger partial charge in [0.25, 0.3) is 0 Å². The number of carboxylic acid groups (broad SMARTS) is 1. The van der Waals surface area contributed by atoms with Crippen molar-refractivity contribution in [1.29, 1.82) is 0 Å². The molecule has 1 unspecified atom stereocenters. The van der Waals surface area contributed by atoms with Crippen LogP contribution in [0.3, 0.4) is 0 Å². The Morgan fingerprint density at radius 3 is 2.71 bits per heavy atom. The Labute approximate surface area is 83.6 Å². The van der Waals surface area contributed by atoms with Gasteiger partial charge in [0.1, 0.15) is 0 Å². The van der Waals surface area contributed by atoms with Crippen LogP contribution in [0.4, 0.5) is 0 Å². The molecular weight excluding hydrogens is 178 g/mol. The Kier molecular flexibility index (Phi) is 3.65. The van der Waals surface area contributed by atoms with Crippen molar-refractivity contribution in [2.45, 2.75) is 25.8 Å². The summed E-state index contributed by atoms with van der Waals surface area (Å²) in [6.07, 6.45) is 0.862. The summed E-state index contributed by atoms with van der Waals surface area (Å²) in [6.45, 7) is 2.03. The lowest BCUT2D eigenvalue weighted by molar-refractivity contribution is -0.137. The fourth-order valence-electron chi connectivity index (χ4n) is 1.52. The lowest BCUT2D eigenvalue weighted by Crippen LogP contribution is -2.16. The van der Waals surface area contributed by atoms with Gasteiger partial charge in [-0.25, -0.2) is 0 Å². The summed E-state index contributed by atoms with van der Waals surface area (Å²) in [5, 5.41) is 8.63. The minimum absolute atomic E-state index is 0.0169. The second-order valence-corrected chi connectivity index (χ2v) is 3.26. The number of benzene rings is 1. The van der Waals surface area contributed by atoms with Crippen LogP contribution in [0.2, 0.25) is 0 Å². The largest absolute Gasteiger partial charge is 0.481 e. The zero-order valence-corrected chi connectivity index (χ0v) is 8.23. The van der Waals surface area contributed by atoms with Crippen LogP contribution in [-0.2, 0) is 11.2 Å². The third-order valence-corrected chi connectivity index (χ3v) is 2.23. The summed E-state index contributed by atoms with van der Waals surface area (Å²) in [4.78, 5) is 10.5. The predicted molar refractivity (Wildman–Crippen MR) is 55.0 cm³/mol. The Morgan fingerprint density at radius 2 is 2.14 bits per heavy atom. The third kappa shape index (κ3) is 2.57. The molecule has 3 N–H and O–H groups in total. The average Bonchev–Trinajstić information content (AvgIpc) is 2.16. The van der Waals surface area contributed by atoms with Crippen LogP contribution in [0.15, 0.2) is 24.3 Å². The molecule has 3 nitrogen and oxygen atoms in total. The molecule has 3 heteroatoms. The van der Waals surface area contributed by atoms with Crippen molar-refractivity contribution in [3.8, 4) is 0 Å². The molecule has 0 bridgehead atoms. The van der Waals surface area contributed by atoms with E-state index in [1.54, 1.807) is 0 Å². The van der Waals surface area contributed by atoms with Crippen molar-refractivity contribution in [2.24, 2.45) is 5.73 Å². The van der Waals surface area contributed by atoms with Gasteiger partial charge in [0.05, 0.1) is 6.42 Å². The highest BCUT2D eigenvalue weighted by Gasteiger charge is 2.12. The molecule has 0 aliphatic heterocycles. The van der Waals surface area contributed by atoms with Gasteiger partial charge in [-0.3, -0.25) is 4.79 Å². The van der Waals surface area contributed by atoms with Crippen LogP contribution in [0.1, 0.15) is 30.5 Å². The highest BCUT2D eigenvalue weighted by molar-refractivity contribution is 5.68. The molecule has 1 atom stereocenters. The Morgan fingerprint density at radius 1 is 1.50 bits per heavy atom. The van der Waals surface area contributed by atoms with E-state index in [2.05, 4.69) is 0 Å².